The lowest BCUT2D eigenvalue weighted by molar-refractivity contribution is 0.661. The molecule has 0 bridgehead atoms. The highest BCUT2D eigenvalue weighted by Gasteiger charge is 2.37. The second-order valence-electron chi connectivity index (χ2n) is 17.7. The molecule has 0 saturated heterocycles. The summed E-state index contributed by atoms with van der Waals surface area (Å²) in [4.78, 5) is 9.38. The van der Waals surface area contributed by atoms with Crippen LogP contribution < -0.4 is 0 Å². The van der Waals surface area contributed by atoms with Crippen LogP contribution >= 0.6 is 0 Å². The Hall–Kier alpha value is -7.94. The second-order valence-corrected chi connectivity index (χ2v) is 17.7. The average Bonchev–Trinajstić information content (AvgIpc) is 3.56. The molecule has 13 rings (SSSR count). The van der Waals surface area contributed by atoms with Gasteiger partial charge in [0.1, 0.15) is 0 Å². The SMILES string of the molecule is CC1(C)c2cc(-c3ccc(-c4ccccn4)nc3)ccc2-c2cc3c(-c4cc5ccccc5c5ccccc45)c4ccccc4c(-c4cc5ccccc5c5ccccc45)c3cc21. The molecule has 0 saturated carbocycles. The van der Waals surface area contributed by atoms with Gasteiger partial charge in [0, 0.05) is 23.4 Å². The van der Waals surface area contributed by atoms with Crippen molar-refractivity contribution in [3.05, 3.63) is 218 Å². The van der Waals surface area contributed by atoms with E-state index >= 15 is 0 Å². The molecule has 0 unspecified atom stereocenters. The number of hydrogen-bond acceptors (Lipinski definition) is 2. The highest BCUT2D eigenvalue weighted by Crippen LogP contribution is 2.55. The molecule has 2 nitrogen and oxygen atoms in total. The van der Waals surface area contributed by atoms with E-state index in [4.69, 9.17) is 4.98 Å². The van der Waals surface area contributed by atoms with E-state index in [0.29, 0.717) is 0 Å². The van der Waals surface area contributed by atoms with Gasteiger partial charge in [0.25, 0.3) is 0 Å². The lowest BCUT2D eigenvalue weighted by Gasteiger charge is -2.25. The van der Waals surface area contributed by atoms with E-state index in [9.17, 15) is 0 Å². The summed E-state index contributed by atoms with van der Waals surface area (Å²) in [6, 6.07) is 72.0. The summed E-state index contributed by atoms with van der Waals surface area (Å²) in [7, 11) is 0. The predicted molar refractivity (Wildman–Crippen MR) is 266 cm³/mol. The zero-order valence-corrected chi connectivity index (χ0v) is 35.0. The minimum absolute atomic E-state index is 0.264. The monoisotopic (exact) mass is 800 g/mol. The number of aromatic nitrogens is 2. The molecule has 1 aliphatic carbocycles. The maximum absolute atomic E-state index is 4.85. The van der Waals surface area contributed by atoms with E-state index < -0.39 is 0 Å². The van der Waals surface area contributed by atoms with Crippen molar-refractivity contribution < 1.29 is 0 Å². The Kier molecular flexibility index (Phi) is 7.68. The molecule has 0 aliphatic heterocycles. The normalized spacial score (nSPS) is 13.0. The van der Waals surface area contributed by atoms with Gasteiger partial charge in [-0.15, -0.1) is 0 Å². The first-order valence-electron chi connectivity index (χ1n) is 21.9. The van der Waals surface area contributed by atoms with Gasteiger partial charge in [0.15, 0.2) is 0 Å². The van der Waals surface area contributed by atoms with Crippen LogP contribution in [0, 0.1) is 0 Å². The van der Waals surface area contributed by atoms with Crippen molar-refractivity contribution in [2.24, 2.45) is 0 Å². The van der Waals surface area contributed by atoms with Crippen LogP contribution in [-0.4, -0.2) is 9.97 Å². The van der Waals surface area contributed by atoms with Crippen molar-refractivity contribution in [2.75, 3.05) is 0 Å². The van der Waals surface area contributed by atoms with Gasteiger partial charge in [0.05, 0.1) is 11.4 Å². The molecule has 63 heavy (non-hydrogen) atoms. The van der Waals surface area contributed by atoms with Crippen LogP contribution in [0.5, 0.6) is 0 Å². The minimum atomic E-state index is -0.264. The molecule has 2 aromatic heterocycles. The molecule has 0 fully saturated rings. The Bertz CT molecular complexity index is 3860. The second kappa shape index (κ2) is 13.5. The molecule has 2 heterocycles. The van der Waals surface area contributed by atoms with Gasteiger partial charge in [-0.3, -0.25) is 9.97 Å². The molecule has 1 aliphatic rings. The van der Waals surface area contributed by atoms with E-state index in [-0.39, 0.29) is 5.41 Å². The summed E-state index contributed by atoms with van der Waals surface area (Å²) < 4.78 is 0. The van der Waals surface area contributed by atoms with Crippen LogP contribution in [0.3, 0.4) is 0 Å². The fraction of sp³-hybridized carbons (Fsp3) is 0.0492. The molecule has 12 aromatic rings. The summed E-state index contributed by atoms with van der Waals surface area (Å²) in [5, 5.41) is 15.2. The predicted octanol–water partition coefficient (Wildman–Crippen LogP) is 16.4. The molecule has 0 radical (unpaired) electrons. The number of fused-ring (bicyclic) bond motifs is 11. The molecule has 294 valence electrons. The highest BCUT2D eigenvalue weighted by molar-refractivity contribution is 6.29. The number of pyridine rings is 2. The van der Waals surface area contributed by atoms with E-state index in [0.717, 1.165) is 22.5 Å². The van der Waals surface area contributed by atoms with Crippen LogP contribution in [0.15, 0.2) is 207 Å². The van der Waals surface area contributed by atoms with Crippen molar-refractivity contribution in [2.45, 2.75) is 19.3 Å². The van der Waals surface area contributed by atoms with Crippen molar-refractivity contribution in [3.63, 3.8) is 0 Å². The van der Waals surface area contributed by atoms with Gasteiger partial charge < -0.3 is 0 Å². The molecule has 0 amide bonds. The van der Waals surface area contributed by atoms with E-state index in [2.05, 4.69) is 195 Å². The maximum Gasteiger partial charge on any atom is 0.0886 e. The Morgan fingerprint density at radius 1 is 0.317 bits per heavy atom. The molecular formula is C61H40N2. The molecule has 10 aromatic carbocycles. The number of nitrogens with zero attached hydrogens (tertiary/aromatic N) is 2. The van der Waals surface area contributed by atoms with Gasteiger partial charge in [-0.1, -0.05) is 159 Å². The lowest BCUT2D eigenvalue weighted by atomic mass is 9.78. The van der Waals surface area contributed by atoms with E-state index in [1.807, 2.05) is 30.6 Å². The largest absolute Gasteiger partial charge is 0.255 e. The molecule has 0 spiro atoms. The van der Waals surface area contributed by atoms with Gasteiger partial charge >= 0.3 is 0 Å². The van der Waals surface area contributed by atoms with E-state index in [1.54, 1.807) is 0 Å². The summed E-state index contributed by atoms with van der Waals surface area (Å²) in [5.74, 6) is 0. The number of rotatable bonds is 4. The molecule has 0 atom stereocenters. The maximum atomic E-state index is 4.85. The number of benzene rings is 10. The third-order valence-corrected chi connectivity index (χ3v) is 13.9. The van der Waals surface area contributed by atoms with Gasteiger partial charge in [-0.25, -0.2) is 0 Å². The Balaban J connectivity index is 1.13. The first-order valence-corrected chi connectivity index (χ1v) is 21.9. The van der Waals surface area contributed by atoms with Crippen LogP contribution in [0.1, 0.15) is 25.0 Å². The van der Waals surface area contributed by atoms with Crippen LogP contribution in [0.2, 0.25) is 0 Å². The first-order chi connectivity index (χ1) is 31.0. The third-order valence-electron chi connectivity index (χ3n) is 13.9. The Morgan fingerprint density at radius 2 is 0.810 bits per heavy atom. The van der Waals surface area contributed by atoms with Crippen molar-refractivity contribution in [1.29, 1.82) is 0 Å². The van der Waals surface area contributed by atoms with Crippen molar-refractivity contribution in [3.8, 4) is 55.9 Å². The standard InChI is InChI=1S/C61H40N2/c1-61(2)55-33-37(40-27-29-58(63-36-40)57-25-13-14-30-62-57)26-28-47(55)50-34-53-54(35-56(50)61)60(52-32-39-16-4-6-18-42(39)44-20-8-10-22-46(44)52)49-24-12-11-23-48(49)59(53)51-31-38-15-3-5-17-41(38)43-19-7-9-21-45(43)51/h3-36H,1-2H3. The lowest BCUT2D eigenvalue weighted by Crippen LogP contribution is -2.15. The van der Waals surface area contributed by atoms with Crippen molar-refractivity contribution in [1.82, 2.24) is 9.97 Å². The summed E-state index contributed by atoms with van der Waals surface area (Å²) in [5.41, 5.74) is 14.1. The van der Waals surface area contributed by atoms with Crippen molar-refractivity contribution >= 4 is 64.6 Å². The van der Waals surface area contributed by atoms with Crippen LogP contribution in [-0.2, 0) is 5.41 Å². The van der Waals surface area contributed by atoms with E-state index in [1.165, 1.54) is 109 Å². The van der Waals surface area contributed by atoms with Gasteiger partial charge in [0.2, 0.25) is 0 Å². The average molecular weight is 801 g/mol. The van der Waals surface area contributed by atoms with Gasteiger partial charge in [-0.05, 0) is 163 Å². The topological polar surface area (TPSA) is 25.8 Å². The summed E-state index contributed by atoms with van der Waals surface area (Å²) in [6.07, 6.45) is 3.80. The number of hydrogen-bond donors (Lipinski definition) is 0. The Morgan fingerprint density at radius 3 is 1.38 bits per heavy atom. The highest BCUT2D eigenvalue weighted by atomic mass is 14.8. The van der Waals surface area contributed by atoms with Crippen LogP contribution in [0.4, 0.5) is 0 Å². The third kappa shape index (κ3) is 5.31. The summed E-state index contributed by atoms with van der Waals surface area (Å²) >= 11 is 0. The molecular weight excluding hydrogens is 761 g/mol. The van der Waals surface area contributed by atoms with Crippen LogP contribution in [0.25, 0.3) is 121 Å². The zero-order chi connectivity index (χ0) is 41.8. The fourth-order valence-corrected chi connectivity index (χ4v) is 10.9. The van der Waals surface area contributed by atoms with Gasteiger partial charge in [-0.2, -0.15) is 0 Å². The minimum Gasteiger partial charge on any atom is -0.255 e. The summed E-state index contributed by atoms with van der Waals surface area (Å²) in [6.45, 7) is 4.80. The quantitative estimate of drug-likeness (QED) is 0.131. The fourth-order valence-electron chi connectivity index (χ4n) is 10.9. The Labute approximate surface area is 365 Å². The zero-order valence-electron chi connectivity index (χ0n) is 35.0. The smallest absolute Gasteiger partial charge is 0.0886 e. The first kappa shape index (κ1) is 35.8. The molecule has 2 heteroatoms. The molecule has 0 N–H and O–H groups in total.